The Bertz CT molecular complexity index is 853. The van der Waals surface area contributed by atoms with Gasteiger partial charge in [0, 0.05) is 50.5 Å². The van der Waals surface area contributed by atoms with Gasteiger partial charge in [0.25, 0.3) is 5.91 Å². The van der Waals surface area contributed by atoms with Crippen molar-refractivity contribution in [3.05, 3.63) is 52.7 Å². The van der Waals surface area contributed by atoms with Crippen LogP contribution in [0.2, 0.25) is 0 Å². The van der Waals surface area contributed by atoms with Crippen LogP contribution in [0.25, 0.3) is 0 Å². The van der Waals surface area contributed by atoms with E-state index in [0.29, 0.717) is 6.04 Å². The normalized spacial score (nSPS) is 17.6. The Hall–Kier alpha value is -2.54. The maximum absolute atomic E-state index is 13.1. The third-order valence-electron chi connectivity index (χ3n) is 5.30. The number of benzene rings is 1. The zero-order chi connectivity index (χ0) is 20.4. The van der Waals surface area contributed by atoms with Crippen LogP contribution >= 0.6 is 0 Å². The number of amides is 1. The van der Waals surface area contributed by atoms with Gasteiger partial charge in [0.15, 0.2) is 0 Å². The summed E-state index contributed by atoms with van der Waals surface area (Å²) >= 11 is 0. The topological polar surface area (TPSA) is 61.4 Å². The van der Waals surface area contributed by atoms with E-state index in [4.69, 9.17) is 0 Å². The molecule has 0 radical (unpaired) electrons. The van der Waals surface area contributed by atoms with E-state index in [-0.39, 0.29) is 23.6 Å². The van der Waals surface area contributed by atoms with Crippen molar-refractivity contribution in [2.24, 2.45) is 0 Å². The molecule has 0 aliphatic carbocycles. The molecule has 1 amide bonds. The van der Waals surface area contributed by atoms with Crippen LogP contribution in [0.1, 0.15) is 46.8 Å². The average molecular weight is 385 g/mol. The summed E-state index contributed by atoms with van der Waals surface area (Å²) in [5, 5.41) is 3.62. The van der Waals surface area contributed by atoms with Crippen LogP contribution in [0.3, 0.4) is 0 Å². The maximum Gasteiger partial charge on any atom is 0.291 e. The molecule has 0 spiro atoms. The molecule has 2 heterocycles. The monoisotopic (exact) mass is 385 g/mol. The first-order valence-electron chi connectivity index (χ1n) is 9.59. The van der Waals surface area contributed by atoms with Crippen LogP contribution < -0.4 is 10.2 Å². The van der Waals surface area contributed by atoms with Crippen molar-refractivity contribution < 1.29 is 9.18 Å². The van der Waals surface area contributed by atoms with Crippen LogP contribution in [0.4, 0.5) is 10.2 Å². The number of nitrogens with zero attached hydrogens (tertiary/aromatic N) is 4. The molecule has 1 aromatic heterocycles. The SMILES string of the molecule is Cc1nc(C(=O)N(C)C)nc(N2CC[C@@H](NC(C)c3ccc(F)cc3)C2)c1C. The van der Waals surface area contributed by atoms with Gasteiger partial charge in [-0.05, 0) is 44.9 Å². The fraction of sp³-hybridized carbons (Fsp3) is 0.476. The Labute approximate surface area is 165 Å². The highest BCUT2D eigenvalue weighted by molar-refractivity contribution is 5.90. The first-order valence-corrected chi connectivity index (χ1v) is 9.59. The number of halogens is 1. The van der Waals surface area contributed by atoms with Crippen LogP contribution in [0.15, 0.2) is 24.3 Å². The van der Waals surface area contributed by atoms with E-state index in [2.05, 4.69) is 27.1 Å². The summed E-state index contributed by atoms with van der Waals surface area (Å²) in [7, 11) is 3.40. The van der Waals surface area contributed by atoms with Crippen molar-refractivity contribution in [1.82, 2.24) is 20.2 Å². The van der Waals surface area contributed by atoms with Crippen molar-refractivity contribution >= 4 is 11.7 Å². The molecule has 1 saturated heterocycles. The second kappa shape index (κ2) is 8.22. The second-order valence-corrected chi connectivity index (χ2v) is 7.65. The third-order valence-corrected chi connectivity index (χ3v) is 5.30. The van der Waals surface area contributed by atoms with Crippen molar-refractivity contribution in [3.63, 3.8) is 0 Å². The third kappa shape index (κ3) is 4.30. The van der Waals surface area contributed by atoms with E-state index >= 15 is 0 Å². The van der Waals surface area contributed by atoms with E-state index in [9.17, 15) is 9.18 Å². The lowest BCUT2D eigenvalue weighted by molar-refractivity contribution is 0.0815. The zero-order valence-corrected chi connectivity index (χ0v) is 17.2. The molecule has 28 heavy (non-hydrogen) atoms. The molecule has 0 saturated carbocycles. The molecule has 6 nitrogen and oxygen atoms in total. The predicted octanol–water partition coefficient (Wildman–Crippen LogP) is 2.86. The summed E-state index contributed by atoms with van der Waals surface area (Å²) < 4.78 is 13.1. The molecule has 7 heteroatoms. The number of carbonyl (C=O) groups is 1. The number of anilines is 1. The number of hydrogen-bond donors (Lipinski definition) is 1. The Morgan fingerprint density at radius 2 is 1.93 bits per heavy atom. The molecular formula is C21H28FN5O. The van der Waals surface area contributed by atoms with E-state index < -0.39 is 0 Å². The highest BCUT2D eigenvalue weighted by Crippen LogP contribution is 2.25. The summed E-state index contributed by atoms with van der Waals surface area (Å²) in [5.41, 5.74) is 2.89. The van der Waals surface area contributed by atoms with Gasteiger partial charge in [-0.15, -0.1) is 0 Å². The summed E-state index contributed by atoms with van der Waals surface area (Å²) in [4.78, 5) is 25.0. The van der Waals surface area contributed by atoms with Gasteiger partial charge in [-0.2, -0.15) is 0 Å². The van der Waals surface area contributed by atoms with Crippen LogP contribution in [0.5, 0.6) is 0 Å². The van der Waals surface area contributed by atoms with Crippen molar-refractivity contribution in [3.8, 4) is 0 Å². The molecule has 3 rings (SSSR count). The Morgan fingerprint density at radius 1 is 1.25 bits per heavy atom. The first kappa shape index (κ1) is 20.2. The maximum atomic E-state index is 13.1. The second-order valence-electron chi connectivity index (χ2n) is 7.65. The lowest BCUT2D eigenvalue weighted by Gasteiger charge is -2.23. The molecule has 1 unspecified atom stereocenters. The van der Waals surface area contributed by atoms with E-state index in [1.54, 1.807) is 14.1 Å². The Kier molecular flexibility index (Phi) is 5.93. The summed E-state index contributed by atoms with van der Waals surface area (Å²) in [6.45, 7) is 7.66. The van der Waals surface area contributed by atoms with Crippen molar-refractivity contribution in [2.45, 2.75) is 39.3 Å². The molecule has 2 atom stereocenters. The molecule has 150 valence electrons. The molecule has 1 N–H and O–H groups in total. The minimum Gasteiger partial charge on any atom is -0.355 e. The smallest absolute Gasteiger partial charge is 0.291 e. The van der Waals surface area contributed by atoms with Crippen molar-refractivity contribution in [1.29, 1.82) is 0 Å². The average Bonchev–Trinajstić information content (AvgIpc) is 3.11. The van der Waals surface area contributed by atoms with Gasteiger partial charge in [0.1, 0.15) is 11.6 Å². The van der Waals surface area contributed by atoms with E-state index in [1.165, 1.54) is 17.0 Å². The van der Waals surface area contributed by atoms with Crippen LogP contribution in [-0.2, 0) is 0 Å². The first-order chi connectivity index (χ1) is 13.3. The minimum absolute atomic E-state index is 0.129. The molecule has 2 aromatic rings. The standard InChI is InChI=1S/C21H28FN5O/c1-13-14(2)24-19(21(28)26(4)5)25-20(13)27-11-10-18(12-27)23-15(3)16-6-8-17(22)9-7-16/h6-9,15,18,23H,10-12H2,1-5H3/t15?,18-/m1/s1. The Morgan fingerprint density at radius 3 is 2.57 bits per heavy atom. The number of nitrogens with one attached hydrogen (secondary N) is 1. The number of rotatable bonds is 5. The largest absolute Gasteiger partial charge is 0.355 e. The van der Waals surface area contributed by atoms with Crippen LogP contribution in [0, 0.1) is 19.7 Å². The lowest BCUT2D eigenvalue weighted by atomic mass is 10.1. The van der Waals surface area contributed by atoms with Gasteiger partial charge in [0.05, 0.1) is 0 Å². The van der Waals surface area contributed by atoms with E-state index in [1.807, 2.05) is 26.0 Å². The molecular weight excluding hydrogens is 357 g/mol. The van der Waals surface area contributed by atoms with Crippen LogP contribution in [-0.4, -0.2) is 54.0 Å². The number of aromatic nitrogens is 2. The van der Waals surface area contributed by atoms with Gasteiger partial charge in [-0.3, -0.25) is 4.79 Å². The highest BCUT2D eigenvalue weighted by atomic mass is 19.1. The highest BCUT2D eigenvalue weighted by Gasteiger charge is 2.27. The van der Waals surface area contributed by atoms with Gasteiger partial charge in [0.2, 0.25) is 5.82 Å². The fourth-order valence-corrected chi connectivity index (χ4v) is 3.51. The minimum atomic E-state index is -0.222. The molecule has 0 bridgehead atoms. The van der Waals surface area contributed by atoms with Gasteiger partial charge >= 0.3 is 0 Å². The Balaban J connectivity index is 1.72. The van der Waals surface area contributed by atoms with Gasteiger partial charge in [-0.1, -0.05) is 12.1 Å². The number of carbonyl (C=O) groups excluding carboxylic acids is 1. The summed E-state index contributed by atoms with van der Waals surface area (Å²) in [6.07, 6.45) is 0.977. The molecule has 1 fully saturated rings. The zero-order valence-electron chi connectivity index (χ0n) is 17.2. The summed E-state index contributed by atoms with van der Waals surface area (Å²) in [6, 6.07) is 7.04. The molecule has 1 aromatic carbocycles. The van der Waals surface area contributed by atoms with Crippen molar-refractivity contribution in [2.75, 3.05) is 32.1 Å². The van der Waals surface area contributed by atoms with Gasteiger partial charge < -0.3 is 15.1 Å². The number of aryl methyl sites for hydroxylation is 1. The fourth-order valence-electron chi connectivity index (χ4n) is 3.51. The molecule has 1 aliphatic rings. The van der Waals surface area contributed by atoms with E-state index in [0.717, 1.165) is 42.1 Å². The van der Waals surface area contributed by atoms with Gasteiger partial charge in [-0.25, -0.2) is 14.4 Å². The lowest BCUT2D eigenvalue weighted by Crippen LogP contribution is -2.35. The number of hydrogen-bond acceptors (Lipinski definition) is 5. The summed E-state index contributed by atoms with van der Waals surface area (Å²) in [5.74, 6) is 0.652. The predicted molar refractivity (Wildman–Crippen MR) is 108 cm³/mol. The molecule has 1 aliphatic heterocycles. The quantitative estimate of drug-likeness (QED) is 0.858.